The summed E-state index contributed by atoms with van der Waals surface area (Å²) in [6.45, 7) is 8.96. The highest BCUT2D eigenvalue weighted by molar-refractivity contribution is 5.29. The third-order valence-corrected chi connectivity index (χ3v) is 2.65. The molecule has 0 saturated carbocycles. The molecule has 0 aromatic carbocycles. The monoisotopic (exact) mass is 177 g/mol. The van der Waals surface area contributed by atoms with Crippen molar-refractivity contribution in [3.05, 3.63) is 29.6 Å². The first-order valence-corrected chi connectivity index (χ1v) is 5.10. The number of aromatic nitrogens is 1. The van der Waals surface area contributed by atoms with Gasteiger partial charge in [-0.05, 0) is 35.4 Å². The molecule has 0 aliphatic carbocycles. The molecule has 1 aromatic heterocycles. The molecule has 72 valence electrons. The van der Waals surface area contributed by atoms with Crippen molar-refractivity contribution >= 4 is 0 Å². The molecule has 1 heteroatoms. The van der Waals surface area contributed by atoms with Crippen molar-refractivity contribution in [3.63, 3.8) is 0 Å². The Morgan fingerprint density at radius 2 is 1.92 bits per heavy atom. The molecular weight excluding hydrogens is 158 g/mol. The van der Waals surface area contributed by atoms with Gasteiger partial charge in [-0.1, -0.05) is 27.7 Å². The molecule has 1 heterocycles. The summed E-state index contributed by atoms with van der Waals surface area (Å²) in [7, 11) is 0. The van der Waals surface area contributed by atoms with Crippen LogP contribution in [0.5, 0.6) is 0 Å². The Balaban J connectivity index is 3.04. The van der Waals surface area contributed by atoms with Crippen molar-refractivity contribution in [1.29, 1.82) is 0 Å². The summed E-state index contributed by atoms with van der Waals surface area (Å²) in [4.78, 5) is 4.18. The van der Waals surface area contributed by atoms with Gasteiger partial charge >= 0.3 is 0 Å². The maximum absolute atomic E-state index is 4.18. The van der Waals surface area contributed by atoms with Gasteiger partial charge in [0.05, 0.1) is 0 Å². The van der Waals surface area contributed by atoms with E-state index >= 15 is 0 Å². The summed E-state index contributed by atoms with van der Waals surface area (Å²) in [6, 6.07) is 2.16. The summed E-state index contributed by atoms with van der Waals surface area (Å²) in [5.74, 6) is 1.23. The largest absolute Gasteiger partial charge is 0.264 e. The Bertz CT molecular complexity index is 266. The van der Waals surface area contributed by atoms with Crippen molar-refractivity contribution in [2.45, 2.75) is 46.0 Å². The van der Waals surface area contributed by atoms with Crippen molar-refractivity contribution in [3.8, 4) is 0 Å². The van der Waals surface area contributed by atoms with E-state index < -0.39 is 0 Å². The second-order valence-electron chi connectivity index (χ2n) is 3.97. The molecule has 0 amide bonds. The summed E-state index contributed by atoms with van der Waals surface area (Å²) < 4.78 is 0. The fourth-order valence-electron chi connectivity index (χ4n) is 1.57. The molecule has 1 aromatic rings. The molecule has 1 atom stereocenters. The second kappa shape index (κ2) is 4.40. The summed E-state index contributed by atoms with van der Waals surface area (Å²) >= 11 is 0. The second-order valence-corrected chi connectivity index (χ2v) is 3.97. The third kappa shape index (κ3) is 2.30. The van der Waals surface area contributed by atoms with Gasteiger partial charge in [-0.2, -0.15) is 0 Å². The van der Waals surface area contributed by atoms with Gasteiger partial charge in [0.2, 0.25) is 0 Å². The molecule has 0 spiro atoms. The van der Waals surface area contributed by atoms with E-state index in [0.29, 0.717) is 11.8 Å². The van der Waals surface area contributed by atoms with Crippen LogP contribution in [0.25, 0.3) is 0 Å². The Morgan fingerprint density at radius 3 is 2.46 bits per heavy atom. The smallest absolute Gasteiger partial charge is 0.0305 e. The highest BCUT2D eigenvalue weighted by Gasteiger charge is 2.10. The molecule has 0 saturated heterocycles. The maximum Gasteiger partial charge on any atom is 0.0305 e. The highest BCUT2D eigenvalue weighted by Crippen LogP contribution is 2.26. The Kier molecular flexibility index (Phi) is 3.47. The molecule has 0 aliphatic heterocycles. The first kappa shape index (κ1) is 10.2. The van der Waals surface area contributed by atoms with Gasteiger partial charge in [0.15, 0.2) is 0 Å². The molecule has 0 fully saturated rings. The first-order valence-electron chi connectivity index (χ1n) is 5.10. The Hall–Kier alpha value is -0.850. The van der Waals surface area contributed by atoms with E-state index in [1.165, 1.54) is 17.5 Å². The molecule has 0 N–H and O–H groups in total. The summed E-state index contributed by atoms with van der Waals surface area (Å²) in [5, 5.41) is 0. The Morgan fingerprint density at radius 1 is 1.23 bits per heavy atom. The van der Waals surface area contributed by atoms with Gasteiger partial charge in [-0.15, -0.1) is 0 Å². The fraction of sp³-hybridized carbons (Fsp3) is 0.583. The zero-order chi connectivity index (χ0) is 9.84. The van der Waals surface area contributed by atoms with E-state index in [9.17, 15) is 0 Å². The van der Waals surface area contributed by atoms with Crippen molar-refractivity contribution in [2.24, 2.45) is 0 Å². The fourth-order valence-corrected chi connectivity index (χ4v) is 1.57. The van der Waals surface area contributed by atoms with Gasteiger partial charge in [0.25, 0.3) is 0 Å². The van der Waals surface area contributed by atoms with Gasteiger partial charge < -0.3 is 0 Å². The van der Waals surface area contributed by atoms with Gasteiger partial charge in [0.1, 0.15) is 0 Å². The van der Waals surface area contributed by atoms with Crippen molar-refractivity contribution in [2.75, 3.05) is 0 Å². The van der Waals surface area contributed by atoms with Crippen LogP contribution in [0.2, 0.25) is 0 Å². The minimum atomic E-state index is 0.581. The van der Waals surface area contributed by atoms with E-state index in [4.69, 9.17) is 0 Å². The number of nitrogens with zero attached hydrogens (tertiary/aromatic N) is 1. The van der Waals surface area contributed by atoms with Crippen LogP contribution in [0.15, 0.2) is 18.5 Å². The van der Waals surface area contributed by atoms with E-state index in [1.54, 1.807) is 0 Å². The van der Waals surface area contributed by atoms with Crippen LogP contribution in [0.3, 0.4) is 0 Å². The van der Waals surface area contributed by atoms with Crippen LogP contribution in [0, 0.1) is 0 Å². The van der Waals surface area contributed by atoms with E-state index in [1.807, 2.05) is 12.4 Å². The first-order chi connectivity index (χ1) is 6.16. The van der Waals surface area contributed by atoms with Crippen LogP contribution in [0.4, 0.5) is 0 Å². The van der Waals surface area contributed by atoms with Crippen LogP contribution >= 0.6 is 0 Å². The number of pyridine rings is 1. The van der Waals surface area contributed by atoms with Gasteiger partial charge in [-0.3, -0.25) is 4.98 Å². The molecule has 0 radical (unpaired) electrons. The quantitative estimate of drug-likeness (QED) is 0.685. The van der Waals surface area contributed by atoms with Crippen molar-refractivity contribution < 1.29 is 0 Å². The lowest BCUT2D eigenvalue weighted by atomic mass is 9.90. The molecule has 1 unspecified atom stereocenters. The zero-order valence-corrected chi connectivity index (χ0v) is 9.04. The lowest BCUT2D eigenvalue weighted by Crippen LogP contribution is -2.00. The minimum Gasteiger partial charge on any atom is -0.264 e. The van der Waals surface area contributed by atoms with Crippen LogP contribution in [-0.4, -0.2) is 4.98 Å². The normalized spacial score (nSPS) is 13.3. The van der Waals surface area contributed by atoms with Gasteiger partial charge in [0, 0.05) is 12.4 Å². The van der Waals surface area contributed by atoms with Crippen LogP contribution in [-0.2, 0) is 0 Å². The number of rotatable bonds is 3. The number of hydrogen-bond donors (Lipinski definition) is 0. The lowest BCUT2D eigenvalue weighted by Gasteiger charge is -2.16. The lowest BCUT2D eigenvalue weighted by molar-refractivity contribution is 0.704. The molecule has 1 nitrogen and oxygen atoms in total. The van der Waals surface area contributed by atoms with E-state index in [0.717, 1.165) is 0 Å². The Labute approximate surface area is 81.2 Å². The van der Waals surface area contributed by atoms with Crippen LogP contribution in [0.1, 0.15) is 57.1 Å². The molecule has 1 rings (SSSR count). The standard InChI is InChI=1S/C12H19N/c1-5-10(4)11-6-7-13-8-12(11)9(2)3/h6-10H,5H2,1-4H3. The molecule has 13 heavy (non-hydrogen) atoms. The zero-order valence-electron chi connectivity index (χ0n) is 9.04. The average Bonchev–Trinajstić information content (AvgIpc) is 2.16. The highest BCUT2D eigenvalue weighted by atomic mass is 14.6. The van der Waals surface area contributed by atoms with Crippen molar-refractivity contribution in [1.82, 2.24) is 4.98 Å². The SMILES string of the molecule is CCC(C)c1ccncc1C(C)C. The number of hydrogen-bond acceptors (Lipinski definition) is 1. The van der Waals surface area contributed by atoms with E-state index in [2.05, 4.69) is 38.7 Å². The molecule has 0 bridgehead atoms. The van der Waals surface area contributed by atoms with Gasteiger partial charge in [-0.25, -0.2) is 0 Å². The predicted molar refractivity (Wildman–Crippen MR) is 57.0 cm³/mol. The molecule has 0 aliphatic rings. The summed E-state index contributed by atoms with van der Waals surface area (Å²) in [6.07, 6.45) is 5.10. The predicted octanol–water partition coefficient (Wildman–Crippen LogP) is 3.72. The van der Waals surface area contributed by atoms with E-state index in [-0.39, 0.29) is 0 Å². The average molecular weight is 177 g/mol. The molecular formula is C12H19N. The summed E-state index contributed by atoms with van der Waals surface area (Å²) in [5.41, 5.74) is 2.87. The van der Waals surface area contributed by atoms with Crippen LogP contribution < -0.4 is 0 Å². The topological polar surface area (TPSA) is 12.9 Å². The third-order valence-electron chi connectivity index (χ3n) is 2.65. The minimum absolute atomic E-state index is 0.581. The maximum atomic E-state index is 4.18.